The van der Waals surface area contributed by atoms with Crippen LogP contribution in [-0.2, 0) is 11.2 Å². The molecule has 8 nitrogen and oxygen atoms in total. The molecule has 0 aliphatic rings. The summed E-state index contributed by atoms with van der Waals surface area (Å²) in [6, 6.07) is 8.64. The van der Waals surface area contributed by atoms with E-state index in [-0.39, 0.29) is 17.9 Å². The van der Waals surface area contributed by atoms with Crippen LogP contribution < -0.4 is 10.6 Å². The van der Waals surface area contributed by atoms with Gasteiger partial charge in [-0.1, -0.05) is 6.07 Å². The van der Waals surface area contributed by atoms with Crippen molar-refractivity contribution in [2.24, 2.45) is 0 Å². The zero-order chi connectivity index (χ0) is 19.3. The summed E-state index contributed by atoms with van der Waals surface area (Å²) in [5, 5.41) is 24.6. The minimum absolute atomic E-state index is 0.0960. The number of phenols is 1. The van der Waals surface area contributed by atoms with Crippen LogP contribution in [0.15, 0.2) is 42.5 Å². The number of carbonyl (C=O) groups excluding carboxylic acids is 2. The average Bonchev–Trinajstić information content (AvgIpc) is 2.58. The first-order chi connectivity index (χ1) is 12.3. The Hall–Kier alpha value is -2.34. The van der Waals surface area contributed by atoms with Gasteiger partial charge in [0.25, 0.3) is 5.69 Å². The van der Waals surface area contributed by atoms with Crippen molar-refractivity contribution in [1.82, 2.24) is 5.32 Å². The van der Waals surface area contributed by atoms with Crippen LogP contribution in [0.4, 0.5) is 16.2 Å². The molecule has 136 valence electrons. The fraction of sp³-hybridized carbons (Fsp3) is 0.125. The molecule has 3 N–H and O–H groups in total. The van der Waals surface area contributed by atoms with Crippen LogP contribution in [-0.4, -0.2) is 27.2 Å². The van der Waals surface area contributed by atoms with E-state index in [1.807, 2.05) is 22.6 Å². The molecule has 2 rings (SSSR count). The number of amides is 2. The summed E-state index contributed by atoms with van der Waals surface area (Å²) < 4.78 is 0.626. The topological polar surface area (TPSA) is 122 Å². The van der Waals surface area contributed by atoms with Crippen LogP contribution in [0.25, 0.3) is 0 Å². The van der Waals surface area contributed by atoms with Crippen LogP contribution in [0.1, 0.15) is 5.56 Å². The van der Waals surface area contributed by atoms with Crippen LogP contribution in [0, 0.1) is 13.7 Å². The number of aromatic hydroxyl groups is 1. The lowest BCUT2D eigenvalue weighted by Crippen LogP contribution is -2.42. The van der Waals surface area contributed by atoms with Gasteiger partial charge < -0.3 is 15.7 Å². The number of urea groups is 1. The Morgan fingerprint density at radius 2 is 1.88 bits per heavy atom. The molecule has 26 heavy (non-hydrogen) atoms. The molecule has 0 heterocycles. The highest BCUT2D eigenvalue weighted by Crippen LogP contribution is 2.21. The van der Waals surface area contributed by atoms with E-state index in [0.717, 1.165) is 5.56 Å². The Kier molecular flexibility index (Phi) is 6.80. The predicted molar refractivity (Wildman–Crippen MR) is 108 cm³/mol. The standard InChI is InChI=1S/C16H14IN3O5S/c17-12-7-9(1-6-14(12)21)8-13(15(22)26)19-16(23)18-10-2-4-11(5-3-10)20(24)25/h1-7,13,21H,8H2,(H,22,26)(H2,18,19,23). The van der Waals surface area contributed by atoms with Gasteiger partial charge in [-0.2, -0.15) is 0 Å². The molecule has 1 unspecified atom stereocenters. The largest absolute Gasteiger partial charge is 0.507 e. The molecule has 0 radical (unpaired) electrons. The zero-order valence-corrected chi connectivity index (χ0v) is 16.2. The van der Waals surface area contributed by atoms with Crippen LogP contribution in [0.5, 0.6) is 5.75 Å². The summed E-state index contributed by atoms with van der Waals surface area (Å²) in [5.74, 6) is 0.131. The van der Waals surface area contributed by atoms with E-state index in [1.165, 1.54) is 30.3 Å². The first-order valence-corrected chi connectivity index (χ1v) is 8.81. The number of nitro benzene ring substituents is 1. The number of non-ortho nitro benzene ring substituents is 1. The summed E-state index contributed by atoms with van der Waals surface area (Å²) in [6.07, 6.45) is 0.201. The quantitative estimate of drug-likeness (QED) is 0.216. The van der Waals surface area contributed by atoms with E-state index in [1.54, 1.807) is 12.1 Å². The minimum Gasteiger partial charge on any atom is -0.507 e. The number of halogens is 1. The second-order valence-corrected chi connectivity index (χ2v) is 6.89. The maximum Gasteiger partial charge on any atom is 0.319 e. The smallest absolute Gasteiger partial charge is 0.319 e. The van der Waals surface area contributed by atoms with Crippen molar-refractivity contribution in [3.05, 3.63) is 61.7 Å². The minimum atomic E-state index is -0.878. The number of nitrogens with zero attached hydrogens (tertiary/aromatic N) is 1. The van der Waals surface area contributed by atoms with E-state index in [0.29, 0.717) is 9.26 Å². The molecule has 0 saturated carbocycles. The lowest BCUT2D eigenvalue weighted by molar-refractivity contribution is -0.384. The number of rotatable bonds is 6. The molecule has 0 aliphatic heterocycles. The van der Waals surface area contributed by atoms with Crippen molar-refractivity contribution in [1.29, 1.82) is 0 Å². The van der Waals surface area contributed by atoms with Crippen molar-refractivity contribution in [3.63, 3.8) is 0 Å². The fourth-order valence-corrected chi connectivity index (χ4v) is 2.84. The third-order valence-corrected chi connectivity index (χ3v) is 4.57. The van der Waals surface area contributed by atoms with Crippen molar-refractivity contribution in [2.75, 3.05) is 5.32 Å². The van der Waals surface area contributed by atoms with Crippen molar-refractivity contribution >= 4 is 57.7 Å². The number of hydrogen-bond acceptors (Lipinski definition) is 5. The Morgan fingerprint density at radius 3 is 2.42 bits per heavy atom. The number of anilines is 1. The Balaban J connectivity index is 2.02. The number of nitrogens with one attached hydrogen (secondary N) is 2. The molecule has 0 aromatic heterocycles. The SMILES string of the molecule is O=C(Nc1ccc([N+](=O)[O-])cc1)NC(Cc1ccc(O)c(I)c1)C(=O)S. The van der Waals surface area contributed by atoms with Gasteiger partial charge in [0.05, 0.1) is 8.49 Å². The van der Waals surface area contributed by atoms with Gasteiger partial charge >= 0.3 is 6.03 Å². The number of carbonyl (C=O) groups is 2. The second-order valence-electron chi connectivity index (χ2n) is 5.28. The summed E-state index contributed by atoms with van der Waals surface area (Å²) in [5.41, 5.74) is 0.995. The Morgan fingerprint density at radius 1 is 1.23 bits per heavy atom. The summed E-state index contributed by atoms with van der Waals surface area (Å²) in [6.45, 7) is 0. The maximum atomic E-state index is 12.1. The van der Waals surface area contributed by atoms with Crippen LogP contribution in [0.3, 0.4) is 0 Å². The Bertz CT molecular complexity index is 844. The van der Waals surface area contributed by atoms with Gasteiger partial charge in [-0.15, -0.1) is 12.6 Å². The van der Waals surface area contributed by atoms with E-state index >= 15 is 0 Å². The monoisotopic (exact) mass is 487 g/mol. The third kappa shape index (κ3) is 5.59. The molecule has 0 fully saturated rings. The molecule has 1 atom stereocenters. The summed E-state index contributed by atoms with van der Waals surface area (Å²) in [4.78, 5) is 33.9. The number of thiol groups is 1. The van der Waals surface area contributed by atoms with Gasteiger partial charge in [-0.05, 0) is 52.4 Å². The van der Waals surface area contributed by atoms with Crippen molar-refractivity contribution < 1.29 is 19.6 Å². The molecule has 2 amide bonds. The van der Waals surface area contributed by atoms with Gasteiger partial charge in [0.2, 0.25) is 5.12 Å². The Labute approximate surface area is 167 Å². The van der Waals surface area contributed by atoms with E-state index in [9.17, 15) is 24.8 Å². The molecule has 2 aromatic carbocycles. The molecular formula is C16H14IN3O5S. The number of benzene rings is 2. The molecule has 0 saturated heterocycles. The van der Waals surface area contributed by atoms with Gasteiger partial charge in [0.1, 0.15) is 11.8 Å². The third-order valence-electron chi connectivity index (χ3n) is 3.39. The van der Waals surface area contributed by atoms with E-state index in [2.05, 4.69) is 23.3 Å². The van der Waals surface area contributed by atoms with E-state index < -0.39 is 22.1 Å². The van der Waals surface area contributed by atoms with Gasteiger partial charge in [-0.3, -0.25) is 14.9 Å². The van der Waals surface area contributed by atoms with Gasteiger partial charge in [-0.25, -0.2) is 4.79 Å². The summed E-state index contributed by atoms with van der Waals surface area (Å²) >= 11 is 5.76. The van der Waals surface area contributed by atoms with Crippen LogP contribution >= 0.6 is 35.2 Å². The highest BCUT2D eigenvalue weighted by Gasteiger charge is 2.19. The molecule has 0 spiro atoms. The first kappa shape index (κ1) is 20.0. The molecule has 0 bridgehead atoms. The van der Waals surface area contributed by atoms with E-state index in [4.69, 9.17) is 0 Å². The average molecular weight is 487 g/mol. The highest BCUT2D eigenvalue weighted by molar-refractivity contribution is 14.1. The molecule has 10 heteroatoms. The van der Waals surface area contributed by atoms with Crippen molar-refractivity contribution in [2.45, 2.75) is 12.5 Å². The molecule has 0 aliphatic carbocycles. The lowest BCUT2D eigenvalue weighted by Gasteiger charge is -2.16. The maximum absolute atomic E-state index is 12.1. The predicted octanol–water partition coefficient (Wildman–Crippen LogP) is 3.09. The summed E-state index contributed by atoms with van der Waals surface area (Å²) in [7, 11) is 0. The second kappa shape index (κ2) is 8.85. The number of hydrogen-bond donors (Lipinski definition) is 4. The first-order valence-electron chi connectivity index (χ1n) is 7.28. The zero-order valence-electron chi connectivity index (χ0n) is 13.2. The van der Waals surface area contributed by atoms with Gasteiger partial charge in [0.15, 0.2) is 0 Å². The highest BCUT2D eigenvalue weighted by atomic mass is 127. The normalized spacial score (nSPS) is 11.5. The number of phenolic OH excluding ortho intramolecular Hbond substituents is 1. The fourth-order valence-electron chi connectivity index (χ4n) is 2.11. The molecule has 2 aromatic rings. The lowest BCUT2D eigenvalue weighted by atomic mass is 10.1. The van der Waals surface area contributed by atoms with Gasteiger partial charge in [0, 0.05) is 24.2 Å². The van der Waals surface area contributed by atoms with Crippen LogP contribution in [0.2, 0.25) is 0 Å². The molecular weight excluding hydrogens is 473 g/mol. The number of nitro groups is 1. The van der Waals surface area contributed by atoms with Crippen molar-refractivity contribution in [3.8, 4) is 5.75 Å².